The van der Waals surface area contributed by atoms with Crippen molar-refractivity contribution in [2.45, 2.75) is 213 Å². The predicted molar refractivity (Wildman–Crippen MR) is 315 cm³/mol. The lowest BCUT2D eigenvalue weighted by atomic mass is 9.84. The van der Waals surface area contributed by atoms with E-state index in [9.17, 15) is 71.7 Å². The molecule has 27 nitrogen and oxygen atoms in total. The van der Waals surface area contributed by atoms with Crippen LogP contribution in [0, 0.1) is 11.3 Å². The molecule has 0 aliphatic carbocycles. The van der Waals surface area contributed by atoms with Crippen LogP contribution in [-0.2, 0) is 78.4 Å². The molecule has 1 aromatic heterocycles. The lowest BCUT2D eigenvalue weighted by Gasteiger charge is -2.19. The summed E-state index contributed by atoms with van der Waals surface area (Å²) in [4.78, 5) is 122. The largest absolute Gasteiger partial charge is 0.481 e. The fourth-order valence-electron chi connectivity index (χ4n) is 8.58. The molecule has 5 amide bonds. The van der Waals surface area contributed by atoms with Gasteiger partial charge in [0.15, 0.2) is 15.7 Å². The number of carbonyl (C=O) groups is 10. The molecule has 0 fully saturated rings. The van der Waals surface area contributed by atoms with Crippen LogP contribution in [0.3, 0.4) is 0 Å². The number of rotatable bonds is 56. The van der Waals surface area contributed by atoms with Gasteiger partial charge in [-0.2, -0.15) is 5.21 Å². The van der Waals surface area contributed by atoms with Gasteiger partial charge in [0.05, 0.1) is 51.3 Å². The van der Waals surface area contributed by atoms with E-state index < -0.39 is 87.0 Å². The summed E-state index contributed by atoms with van der Waals surface area (Å²) in [5.74, 6) is -7.78. The van der Waals surface area contributed by atoms with Crippen molar-refractivity contribution < 1.29 is 87.3 Å². The molecule has 1 rings (SSSR count). The summed E-state index contributed by atoms with van der Waals surface area (Å²) < 4.78 is 41.3. The Kier molecular flexibility index (Phi) is 42.8. The minimum atomic E-state index is -3.68. The summed E-state index contributed by atoms with van der Waals surface area (Å²) in [5, 5.41) is 55.1. The summed E-state index contributed by atoms with van der Waals surface area (Å²) in [6.07, 6.45) is 15.5. The number of Topliss-reactive ketones (excluding diaryl/α,β-unsaturated/α-hetero) is 2. The Morgan fingerprint density at radius 2 is 0.976 bits per heavy atom. The summed E-state index contributed by atoms with van der Waals surface area (Å²) in [7, 11) is -3.68. The van der Waals surface area contributed by atoms with E-state index in [1.807, 2.05) is 0 Å². The number of aromatic amines is 1. The number of carboxylic acid groups (broad SMARTS) is 3. The number of sulfone groups is 1. The maximum Gasteiger partial charge on any atom is 0.326 e. The maximum absolute atomic E-state index is 12.6. The van der Waals surface area contributed by atoms with Crippen LogP contribution in [0.2, 0.25) is 0 Å². The third-order valence-corrected chi connectivity index (χ3v) is 15.4. The minimum absolute atomic E-state index is 0. The molecule has 85 heavy (non-hydrogen) atoms. The Morgan fingerprint density at radius 1 is 0.506 bits per heavy atom. The molecule has 0 saturated carbocycles. The van der Waals surface area contributed by atoms with Crippen LogP contribution in [0.4, 0.5) is 0 Å². The van der Waals surface area contributed by atoms with Crippen molar-refractivity contribution >= 4 is 68.8 Å². The van der Waals surface area contributed by atoms with E-state index in [0.717, 1.165) is 44.3 Å². The standard InChI is InChI=1S/C57H99N9O18S.H2/c1-57(2,3)47(68)41-43(54(74)75)21-17-18-31-58-51(71)30-34-82-36-38-84-39-37-83-35-33-60-50(70)28-26-45(55(76)77)62-53(73)29-27-46(56(78)79)61-52(72)24-19-32-59-49(69)25-20-40-85(80,81)42-44(67)22-15-13-11-9-7-5-4-6-8-10-12-14-16-23-48-63-65-66-64-48;/h43,45-46H,4-42H2,1-3H3,(H,58,71)(H,59,69)(H,60,70)(H,61,72)(H,62,73)(H,74,75)(H,76,77)(H,78,79)(H,63,64,65,66);1H/t43-,45?,46?;/m1./s1. The Bertz CT molecular complexity index is 2240. The molecular formula is C57H101N9O18S. The molecular weight excluding hydrogens is 1130 g/mol. The molecule has 488 valence electrons. The van der Waals surface area contributed by atoms with Crippen LogP contribution in [0.25, 0.3) is 0 Å². The fourth-order valence-corrected chi connectivity index (χ4v) is 9.94. The quantitative estimate of drug-likeness (QED) is 0.0409. The zero-order valence-electron chi connectivity index (χ0n) is 50.5. The molecule has 0 aliphatic rings. The highest BCUT2D eigenvalue weighted by Gasteiger charge is 2.28. The number of hydrogen-bond donors (Lipinski definition) is 9. The molecule has 1 heterocycles. The van der Waals surface area contributed by atoms with E-state index in [-0.39, 0.29) is 142 Å². The second-order valence-electron chi connectivity index (χ2n) is 22.3. The number of unbranched alkanes of at least 4 members (excludes halogenated alkanes) is 13. The van der Waals surface area contributed by atoms with Crippen molar-refractivity contribution in [3.63, 3.8) is 0 Å². The first-order chi connectivity index (χ1) is 40.5. The molecule has 0 aliphatic heterocycles. The number of amides is 5. The first kappa shape index (κ1) is 77.0. The number of hydrogen-bond acceptors (Lipinski definition) is 18. The molecule has 0 saturated heterocycles. The maximum atomic E-state index is 12.6. The second-order valence-corrected chi connectivity index (χ2v) is 24.5. The van der Waals surface area contributed by atoms with Gasteiger partial charge in [0.1, 0.15) is 29.4 Å². The van der Waals surface area contributed by atoms with E-state index in [0.29, 0.717) is 32.2 Å². The van der Waals surface area contributed by atoms with Gasteiger partial charge in [-0.25, -0.2) is 18.0 Å². The fraction of sp³-hybridized carbons (Fsp3) is 0.807. The monoisotopic (exact) mass is 1230 g/mol. The normalized spacial score (nSPS) is 12.6. The van der Waals surface area contributed by atoms with Gasteiger partial charge in [0.2, 0.25) is 29.5 Å². The van der Waals surface area contributed by atoms with E-state index >= 15 is 0 Å². The van der Waals surface area contributed by atoms with Crippen LogP contribution >= 0.6 is 0 Å². The number of nitrogens with zero attached hydrogens (tertiary/aromatic N) is 3. The van der Waals surface area contributed by atoms with Gasteiger partial charge in [-0.1, -0.05) is 103 Å². The van der Waals surface area contributed by atoms with Crippen molar-refractivity contribution in [1.29, 1.82) is 0 Å². The molecule has 0 spiro atoms. The smallest absolute Gasteiger partial charge is 0.326 e. The first-order valence-corrected chi connectivity index (χ1v) is 32.1. The highest BCUT2D eigenvalue weighted by molar-refractivity contribution is 7.92. The second kappa shape index (κ2) is 47.2. The van der Waals surface area contributed by atoms with Crippen LogP contribution in [0.1, 0.15) is 201 Å². The highest BCUT2D eigenvalue weighted by atomic mass is 32.2. The average molecular weight is 1230 g/mol. The van der Waals surface area contributed by atoms with E-state index in [1.165, 1.54) is 44.9 Å². The molecule has 2 unspecified atom stereocenters. The van der Waals surface area contributed by atoms with Gasteiger partial charge >= 0.3 is 17.9 Å². The topological polar surface area (TPSA) is 408 Å². The van der Waals surface area contributed by atoms with Gasteiger partial charge < -0.3 is 56.1 Å². The van der Waals surface area contributed by atoms with Crippen molar-refractivity contribution in [2.24, 2.45) is 11.3 Å². The number of ether oxygens (including phenoxy) is 3. The Hall–Kier alpha value is -6.00. The Labute approximate surface area is 502 Å². The van der Waals surface area contributed by atoms with Gasteiger partial charge in [-0.15, -0.1) is 10.2 Å². The van der Waals surface area contributed by atoms with Crippen LogP contribution < -0.4 is 26.6 Å². The van der Waals surface area contributed by atoms with Crippen molar-refractivity contribution in [1.82, 2.24) is 47.2 Å². The van der Waals surface area contributed by atoms with Crippen LogP contribution in [0.5, 0.6) is 0 Å². The van der Waals surface area contributed by atoms with Crippen molar-refractivity contribution in [3.05, 3.63) is 5.82 Å². The molecule has 0 bridgehead atoms. The van der Waals surface area contributed by atoms with Crippen molar-refractivity contribution in [3.8, 4) is 0 Å². The van der Waals surface area contributed by atoms with Crippen molar-refractivity contribution in [2.75, 3.05) is 70.8 Å². The lowest BCUT2D eigenvalue weighted by molar-refractivity contribution is -0.145. The summed E-state index contributed by atoms with van der Waals surface area (Å²) in [5.41, 5.74) is -0.600. The number of H-pyrrole nitrogens is 1. The summed E-state index contributed by atoms with van der Waals surface area (Å²) in [6, 6.07) is -2.94. The minimum Gasteiger partial charge on any atom is -0.481 e. The number of aromatic nitrogens is 4. The average Bonchev–Trinajstić information content (AvgIpc) is 4.06. The number of ketones is 2. The SMILES string of the molecule is CC(C)(C)C(=O)C[C@@H](CCCCNC(=O)CCOCCOCCOCCNC(=O)CCC(NC(=O)CCC(NC(=O)CCCNC(=O)CCCS(=O)(=O)CC(=O)CCCCCCCCCCCCCCCc1nn[nH]n1)C(=O)O)C(=O)O)C(=O)O.[HH]. The third kappa shape index (κ3) is 44.2. The third-order valence-electron chi connectivity index (χ3n) is 13.7. The number of tetrazole rings is 1. The van der Waals surface area contributed by atoms with Gasteiger partial charge in [0, 0.05) is 77.8 Å². The number of nitrogens with one attached hydrogen (secondary N) is 6. The Morgan fingerprint density at radius 3 is 1.52 bits per heavy atom. The number of aliphatic carboxylic acids is 3. The Balaban J connectivity index is 0.0000722. The molecule has 1 aromatic rings. The summed E-state index contributed by atoms with van der Waals surface area (Å²) >= 11 is 0. The predicted octanol–water partition coefficient (Wildman–Crippen LogP) is 4.36. The van der Waals surface area contributed by atoms with E-state index in [4.69, 9.17) is 14.2 Å². The molecule has 0 radical (unpaired) electrons. The van der Waals surface area contributed by atoms with Gasteiger partial charge in [-0.3, -0.25) is 38.4 Å². The van der Waals surface area contributed by atoms with E-state index in [2.05, 4.69) is 47.2 Å². The molecule has 28 heteroatoms. The van der Waals surface area contributed by atoms with E-state index in [1.54, 1.807) is 20.8 Å². The molecule has 3 atom stereocenters. The van der Waals surface area contributed by atoms with Gasteiger partial charge in [-0.05, 0) is 51.4 Å². The lowest BCUT2D eigenvalue weighted by Crippen LogP contribution is -2.44. The van der Waals surface area contributed by atoms with Crippen LogP contribution in [-0.4, -0.2) is 186 Å². The summed E-state index contributed by atoms with van der Waals surface area (Å²) in [6.45, 7) is 7.05. The molecule has 9 N–H and O–H groups in total. The van der Waals surface area contributed by atoms with Gasteiger partial charge in [0.25, 0.3) is 0 Å². The zero-order valence-corrected chi connectivity index (χ0v) is 51.3. The number of carboxylic acids is 3. The molecule has 0 aromatic carbocycles. The van der Waals surface area contributed by atoms with Crippen LogP contribution in [0.15, 0.2) is 0 Å². The number of aryl methyl sites for hydroxylation is 1. The highest BCUT2D eigenvalue weighted by Crippen LogP contribution is 2.23. The number of carbonyl (C=O) groups excluding carboxylic acids is 7. The zero-order chi connectivity index (χ0) is 63.1. The first-order valence-electron chi connectivity index (χ1n) is 30.3.